The number of benzene rings is 2. The molecule has 2 aromatic rings. The topological polar surface area (TPSA) is 12.5 Å². The lowest BCUT2D eigenvalue weighted by Crippen LogP contribution is -2.10. The van der Waals surface area contributed by atoms with Crippen molar-refractivity contribution < 1.29 is 4.74 Å². The molecular formula is C15H13IO. The second-order valence-electron chi connectivity index (χ2n) is 4.49. The Morgan fingerprint density at radius 2 is 1.41 bits per heavy atom. The summed E-state index contributed by atoms with van der Waals surface area (Å²) >= 11 is 2.32. The van der Waals surface area contributed by atoms with Gasteiger partial charge in [-0.15, -0.1) is 0 Å². The summed E-state index contributed by atoms with van der Waals surface area (Å²) in [6.07, 6.45) is 0. The Bertz CT molecular complexity index is 476. The third-order valence-electron chi connectivity index (χ3n) is 3.26. The first kappa shape index (κ1) is 11.2. The van der Waals surface area contributed by atoms with Gasteiger partial charge >= 0.3 is 0 Å². The molecule has 1 heterocycles. The molecule has 86 valence electrons. The van der Waals surface area contributed by atoms with E-state index >= 15 is 0 Å². The molecule has 2 aromatic carbocycles. The van der Waals surface area contributed by atoms with Crippen LogP contribution in [0.3, 0.4) is 0 Å². The van der Waals surface area contributed by atoms with Crippen LogP contribution in [0.5, 0.6) is 0 Å². The maximum absolute atomic E-state index is 5.75. The molecule has 0 spiro atoms. The van der Waals surface area contributed by atoms with Crippen LogP contribution in [-0.4, -0.2) is 6.61 Å². The van der Waals surface area contributed by atoms with Gasteiger partial charge in [0.1, 0.15) is 5.60 Å². The van der Waals surface area contributed by atoms with Crippen LogP contribution in [0.25, 0.3) is 0 Å². The van der Waals surface area contributed by atoms with Crippen LogP contribution in [-0.2, 0) is 10.3 Å². The minimum atomic E-state index is -0.183. The van der Waals surface area contributed by atoms with Crippen LogP contribution < -0.4 is 0 Å². The third kappa shape index (κ3) is 2.00. The van der Waals surface area contributed by atoms with Gasteiger partial charge in [-0.25, -0.2) is 0 Å². The van der Waals surface area contributed by atoms with Gasteiger partial charge in [0.05, 0.1) is 6.61 Å². The van der Waals surface area contributed by atoms with Crippen molar-refractivity contribution in [2.45, 2.75) is 12.5 Å². The molecule has 1 atom stereocenters. The summed E-state index contributed by atoms with van der Waals surface area (Å²) < 4.78 is 7.00. The molecule has 1 aliphatic heterocycles. The largest absolute Gasteiger partial charge is 0.359 e. The lowest BCUT2D eigenvalue weighted by molar-refractivity contribution is 0.349. The molecular weight excluding hydrogens is 323 g/mol. The Kier molecular flexibility index (Phi) is 2.71. The number of ether oxygens (including phenoxy) is 1. The quantitative estimate of drug-likeness (QED) is 0.599. The highest BCUT2D eigenvalue weighted by Crippen LogP contribution is 2.45. The average molecular weight is 336 g/mol. The van der Waals surface area contributed by atoms with Gasteiger partial charge in [0.15, 0.2) is 0 Å². The van der Waals surface area contributed by atoms with E-state index in [-0.39, 0.29) is 5.60 Å². The van der Waals surface area contributed by atoms with Crippen molar-refractivity contribution in [3.8, 4) is 0 Å². The molecule has 17 heavy (non-hydrogen) atoms. The van der Waals surface area contributed by atoms with Crippen molar-refractivity contribution >= 4 is 22.6 Å². The first-order valence-corrected chi connectivity index (χ1v) is 6.76. The highest BCUT2D eigenvalue weighted by Gasteiger charge is 2.47. The van der Waals surface area contributed by atoms with E-state index < -0.39 is 0 Å². The molecule has 0 aromatic heterocycles. The molecule has 3 rings (SSSR count). The summed E-state index contributed by atoms with van der Waals surface area (Å²) in [5, 5.41) is 0. The highest BCUT2D eigenvalue weighted by molar-refractivity contribution is 14.1. The van der Waals surface area contributed by atoms with E-state index in [9.17, 15) is 0 Å². The number of hydrogen-bond acceptors (Lipinski definition) is 1. The van der Waals surface area contributed by atoms with E-state index in [1.807, 2.05) is 0 Å². The number of hydrogen-bond donors (Lipinski definition) is 0. The molecule has 1 unspecified atom stereocenters. The highest BCUT2D eigenvalue weighted by atomic mass is 127. The van der Waals surface area contributed by atoms with Gasteiger partial charge in [-0.05, 0) is 52.8 Å². The number of halogens is 1. The SMILES string of the molecule is Cc1ccc(C2(c3ccc(I)cc3)CO2)cc1. The van der Waals surface area contributed by atoms with Gasteiger partial charge in [0.2, 0.25) is 0 Å². The Morgan fingerprint density at radius 1 is 0.941 bits per heavy atom. The summed E-state index contributed by atoms with van der Waals surface area (Å²) in [4.78, 5) is 0. The molecule has 0 amide bonds. The van der Waals surface area contributed by atoms with Crippen molar-refractivity contribution in [1.82, 2.24) is 0 Å². The minimum absolute atomic E-state index is 0.183. The van der Waals surface area contributed by atoms with Crippen LogP contribution in [0.1, 0.15) is 16.7 Å². The third-order valence-corrected chi connectivity index (χ3v) is 3.98. The van der Waals surface area contributed by atoms with Gasteiger partial charge in [-0.3, -0.25) is 0 Å². The molecule has 0 bridgehead atoms. The Hall–Kier alpha value is -0.870. The van der Waals surface area contributed by atoms with Gasteiger partial charge in [0.25, 0.3) is 0 Å². The zero-order valence-electron chi connectivity index (χ0n) is 9.61. The van der Waals surface area contributed by atoms with Crippen molar-refractivity contribution in [2.75, 3.05) is 6.61 Å². The number of aryl methyl sites for hydroxylation is 1. The van der Waals surface area contributed by atoms with Crippen LogP contribution in [0, 0.1) is 10.5 Å². The Balaban J connectivity index is 2.01. The van der Waals surface area contributed by atoms with Gasteiger partial charge in [0, 0.05) is 3.57 Å². The summed E-state index contributed by atoms with van der Waals surface area (Å²) in [6.45, 7) is 2.89. The van der Waals surface area contributed by atoms with E-state index in [4.69, 9.17) is 4.74 Å². The van der Waals surface area contributed by atoms with Crippen LogP contribution >= 0.6 is 22.6 Å². The number of rotatable bonds is 2. The Labute approximate surface area is 115 Å². The zero-order chi connectivity index (χ0) is 11.9. The first-order chi connectivity index (χ1) is 8.21. The summed E-state index contributed by atoms with van der Waals surface area (Å²) in [5.41, 5.74) is 3.61. The second-order valence-corrected chi connectivity index (χ2v) is 5.73. The van der Waals surface area contributed by atoms with Crippen molar-refractivity contribution in [2.24, 2.45) is 0 Å². The fraction of sp³-hybridized carbons (Fsp3) is 0.200. The Morgan fingerprint density at radius 3 is 1.88 bits per heavy atom. The summed E-state index contributed by atoms with van der Waals surface area (Å²) in [6, 6.07) is 17.2. The van der Waals surface area contributed by atoms with Gasteiger partial charge in [-0.1, -0.05) is 42.0 Å². The standard InChI is InChI=1S/C15H13IO/c1-11-2-4-12(5-3-11)15(10-17-15)13-6-8-14(16)9-7-13/h2-9H,10H2,1H3. The predicted octanol–water partition coefficient (Wildman–Crippen LogP) is 3.87. The minimum Gasteiger partial charge on any atom is -0.359 e. The molecule has 0 aliphatic carbocycles. The van der Waals surface area contributed by atoms with Gasteiger partial charge in [-0.2, -0.15) is 0 Å². The lowest BCUT2D eigenvalue weighted by Gasteiger charge is -2.13. The molecule has 1 saturated heterocycles. The smallest absolute Gasteiger partial charge is 0.142 e. The fourth-order valence-corrected chi connectivity index (χ4v) is 2.47. The molecule has 0 radical (unpaired) electrons. The molecule has 2 heteroatoms. The second kappa shape index (κ2) is 4.10. The van der Waals surface area contributed by atoms with E-state index in [1.165, 1.54) is 20.3 Å². The van der Waals surface area contributed by atoms with E-state index in [0.29, 0.717) is 0 Å². The van der Waals surface area contributed by atoms with Crippen molar-refractivity contribution in [3.63, 3.8) is 0 Å². The number of epoxide rings is 1. The van der Waals surface area contributed by atoms with Crippen LogP contribution in [0.15, 0.2) is 48.5 Å². The molecule has 1 fully saturated rings. The molecule has 1 aliphatic rings. The van der Waals surface area contributed by atoms with E-state index in [2.05, 4.69) is 78.0 Å². The van der Waals surface area contributed by atoms with Crippen LogP contribution in [0.2, 0.25) is 0 Å². The van der Waals surface area contributed by atoms with E-state index in [0.717, 1.165) is 6.61 Å². The lowest BCUT2D eigenvalue weighted by atomic mass is 9.91. The van der Waals surface area contributed by atoms with Gasteiger partial charge < -0.3 is 4.74 Å². The zero-order valence-corrected chi connectivity index (χ0v) is 11.8. The summed E-state index contributed by atoms with van der Waals surface area (Å²) in [7, 11) is 0. The van der Waals surface area contributed by atoms with Crippen molar-refractivity contribution in [3.05, 3.63) is 68.8 Å². The first-order valence-electron chi connectivity index (χ1n) is 5.68. The predicted molar refractivity (Wildman–Crippen MR) is 77.1 cm³/mol. The molecule has 1 nitrogen and oxygen atoms in total. The summed E-state index contributed by atoms with van der Waals surface area (Å²) in [5.74, 6) is 0. The van der Waals surface area contributed by atoms with Crippen molar-refractivity contribution in [1.29, 1.82) is 0 Å². The van der Waals surface area contributed by atoms with Crippen LogP contribution in [0.4, 0.5) is 0 Å². The van der Waals surface area contributed by atoms with E-state index in [1.54, 1.807) is 0 Å². The molecule has 0 saturated carbocycles. The molecule has 0 N–H and O–H groups in total. The monoisotopic (exact) mass is 336 g/mol. The fourth-order valence-electron chi connectivity index (χ4n) is 2.11. The maximum atomic E-state index is 5.75. The normalized spacial score (nSPS) is 22.5. The maximum Gasteiger partial charge on any atom is 0.142 e. The average Bonchev–Trinajstić information content (AvgIpc) is 3.12.